The summed E-state index contributed by atoms with van der Waals surface area (Å²) in [7, 11) is 0. The van der Waals surface area contributed by atoms with E-state index in [0.29, 0.717) is 29.2 Å². The number of benzene rings is 1. The second-order valence-corrected chi connectivity index (χ2v) is 8.22. The average Bonchev–Trinajstić information content (AvgIpc) is 3.10. The Balaban J connectivity index is 1.50. The van der Waals surface area contributed by atoms with E-state index >= 15 is 0 Å². The van der Waals surface area contributed by atoms with Crippen LogP contribution in [0.15, 0.2) is 18.2 Å². The van der Waals surface area contributed by atoms with Crippen molar-refractivity contribution < 1.29 is 14.3 Å². The van der Waals surface area contributed by atoms with Crippen LogP contribution >= 0.6 is 11.3 Å². The summed E-state index contributed by atoms with van der Waals surface area (Å²) in [5.41, 5.74) is 4.65. The minimum Gasteiger partial charge on any atom is -0.466 e. The van der Waals surface area contributed by atoms with Crippen molar-refractivity contribution in [3.8, 4) is 0 Å². The van der Waals surface area contributed by atoms with Gasteiger partial charge in [-0.25, -0.2) is 15.0 Å². The zero-order valence-electron chi connectivity index (χ0n) is 16.6. The molecule has 150 valence electrons. The van der Waals surface area contributed by atoms with Crippen molar-refractivity contribution in [3.63, 3.8) is 0 Å². The maximum atomic E-state index is 12.7. The Labute approximate surface area is 172 Å². The summed E-state index contributed by atoms with van der Waals surface area (Å²) in [6, 6.07) is 5.29. The number of fused-ring (bicyclic) bond motifs is 2. The van der Waals surface area contributed by atoms with Crippen molar-refractivity contribution in [1.29, 1.82) is 0 Å². The summed E-state index contributed by atoms with van der Waals surface area (Å²) in [4.78, 5) is 39.3. The lowest BCUT2D eigenvalue weighted by atomic mass is 9.91. The van der Waals surface area contributed by atoms with E-state index in [-0.39, 0.29) is 17.8 Å². The normalized spacial score (nSPS) is 15.8. The molecule has 3 aromatic rings. The van der Waals surface area contributed by atoms with E-state index in [2.05, 4.69) is 20.3 Å². The standard InChI is InChI=1S/C21H22N4O3S/c1-4-28-20(27)14-6-8-16-18(10-14)29-21(24-16)25-19(26)13-5-7-15-17(9-13)23-12(3)11(2)22-15/h5,7,9,14H,4,6,8,10H2,1-3H3,(H,24,25,26). The maximum Gasteiger partial charge on any atom is 0.309 e. The SMILES string of the molecule is CCOC(=O)C1CCc2nc(NC(=O)c3ccc4nc(C)c(C)nc4c3)sc2C1. The van der Waals surface area contributed by atoms with Crippen molar-refractivity contribution in [3.05, 3.63) is 45.7 Å². The third-order valence-corrected chi connectivity index (χ3v) is 6.15. The number of thiazole rings is 1. The number of aromatic nitrogens is 3. The Morgan fingerprint density at radius 2 is 1.93 bits per heavy atom. The summed E-state index contributed by atoms with van der Waals surface area (Å²) in [5, 5.41) is 3.43. The number of carbonyl (C=O) groups excluding carboxylic acids is 2. The van der Waals surface area contributed by atoms with Crippen molar-refractivity contribution in [2.24, 2.45) is 5.92 Å². The molecule has 0 saturated heterocycles. The van der Waals surface area contributed by atoms with Crippen LogP contribution in [0.5, 0.6) is 0 Å². The molecule has 2 aromatic heterocycles. The molecular formula is C21H22N4O3S. The van der Waals surface area contributed by atoms with Gasteiger partial charge in [0.1, 0.15) is 0 Å². The third-order valence-electron chi connectivity index (χ3n) is 5.12. The Morgan fingerprint density at radius 3 is 2.69 bits per heavy atom. The smallest absolute Gasteiger partial charge is 0.309 e. The first kappa shape index (κ1) is 19.4. The molecule has 1 aliphatic carbocycles. The van der Waals surface area contributed by atoms with Crippen molar-refractivity contribution in [2.75, 3.05) is 11.9 Å². The van der Waals surface area contributed by atoms with E-state index < -0.39 is 0 Å². The predicted octanol–water partition coefficient (Wildman–Crippen LogP) is 3.62. The summed E-state index contributed by atoms with van der Waals surface area (Å²) in [6.45, 7) is 6.02. The van der Waals surface area contributed by atoms with Crippen LogP contribution in [0.3, 0.4) is 0 Å². The van der Waals surface area contributed by atoms with Gasteiger partial charge in [0.2, 0.25) is 0 Å². The molecule has 29 heavy (non-hydrogen) atoms. The number of rotatable bonds is 4. The molecule has 0 spiro atoms. The number of ether oxygens (including phenoxy) is 1. The first-order chi connectivity index (χ1) is 13.9. The van der Waals surface area contributed by atoms with Gasteiger partial charge in [0.05, 0.1) is 40.6 Å². The zero-order chi connectivity index (χ0) is 20.5. The fourth-order valence-corrected chi connectivity index (χ4v) is 4.51. The quantitative estimate of drug-likeness (QED) is 0.660. The van der Waals surface area contributed by atoms with Gasteiger partial charge in [-0.05, 0) is 58.2 Å². The van der Waals surface area contributed by atoms with Gasteiger partial charge in [-0.3, -0.25) is 14.9 Å². The van der Waals surface area contributed by atoms with Crippen molar-refractivity contribution in [1.82, 2.24) is 15.0 Å². The number of hydrogen-bond donors (Lipinski definition) is 1. The highest BCUT2D eigenvalue weighted by molar-refractivity contribution is 7.15. The number of hydrogen-bond acceptors (Lipinski definition) is 7. The lowest BCUT2D eigenvalue weighted by Crippen LogP contribution is -2.24. The van der Waals surface area contributed by atoms with E-state index in [1.807, 2.05) is 20.8 Å². The lowest BCUT2D eigenvalue weighted by molar-refractivity contribution is -0.148. The van der Waals surface area contributed by atoms with Crippen molar-refractivity contribution >= 4 is 39.4 Å². The van der Waals surface area contributed by atoms with Gasteiger partial charge >= 0.3 is 5.97 Å². The number of carbonyl (C=O) groups is 2. The first-order valence-electron chi connectivity index (χ1n) is 9.66. The second-order valence-electron chi connectivity index (χ2n) is 7.13. The van der Waals surface area contributed by atoms with Crippen molar-refractivity contribution in [2.45, 2.75) is 40.0 Å². The molecule has 8 heteroatoms. The molecule has 1 aliphatic rings. The van der Waals surface area contributed by atoms with E-state index in [4.69, 9.17) is 4.74 Å². The largest absolute Gasteiger partial charge is 0.466 e. The molecule has 1 amide bonds. The van der Waals surface area contributed by atoms with Gasteiger partial charge in [-0.1, -0.05) is 0 Å². The molecule has 1 unspecified atom stereocenters. The molecular weight excluding hydrogens is 388 g/mol. The predicted molar refractivity (Wildman–Crippen MR) is 111 cm³/mol. The second kappa shape index (κ2) is 7.87. The number of aryl methyl sites for hydroxylation is 3. The molecule has 0 saturated carbocycles. The van der Waals surface area contributed by atoms with Gasteiger partial charge in [0.15, 0.2) is 5.13 Å². The van der Waals surface area contributed by atoms with Gasteiger partial charge in [0.25, 0.3) is 5.91 Å². The van der Waals surface area contributed by atoms with Crippen LogP contribution < -0.4 is 5.32 Å². The Hall–Kier alpha value is -2.87. The number of nitrogens with one attached hydrogen (secondary N) is 1. The van der Waals surface area contributed by atoms with Gasteiger partial charge in [-0.2, -0.15) is 0 Å². The Morgan fingerprint density at radius 1 is 1.17 bits per heavy atom. The van der Waals surface area contributed by atoms with E-state index in [1.54, 1.807) is 18.2 Å². The van der Waals surface area contributed by atoms with Crippen LogP contribution in [0, 0.1) is 19.8 Å². The molecule has 1 atom stereocenters. The Kier molecular flexibility index (Phi) is 5.27. The third kappa shape index (κ3) is 3.98. The monoisotopic (exact) mass is 410 g/mol. The van der Waals surface area contributed by atoms with E-state index in [1.165, 1.54) is 11.3 Å². The van der Waals surface area contributed by atoms with Crippen LogP contribution in [0.2, 0.25) is 0 Å². The first-order valence-corrected chi connectivity index (χ1v) is 10.5. The molecule has 1 aromatic carbocycles. The minimum atomic E-state index is -0.236. The van der Waals surface area contributed by atoms with Crippen LogP contribution in [-0.2, 0) is 22.4 Å². The molecule has 0 radical (unpaired) electrons. The molecule has 1 N–H and O–H groups in total. The fraction of sp³-hybridized carbons (Fsp3) is 0.381. The lowest BCUT2D eigenvalue weighted by Gasteiger charge is -2.18. The highest BCUT2D eigenvalue weighted by Crippen LogP contribution is 2.33. The van der Waals surface area contributed by atoms with E-state index in [9.17, 15) is 9.59 Å². The molecule has 4 rings (SSSR count). The number of anilines is 1. The van der Waals surface area contributed by atoms with Crippen LogP contribution in [0.25, 0.3) is 11.0 Å². The van der Waals surface area contributed by atoms with Gasteiger partial charge < -0.3 is 4.74 Å². The minimum absolute atomic E-state index is 0.128. The summed E-state index contributed by atoms with van der Waals surface area (Å²) in [5.74, 6) is -0.517. The highest BCUT2D eigenvalue weighted by Gasteiger charge is 2.28. The van der Waals surface area contributed by atoms with Gasteiger partial charge in [-0.15, -0.1) is 11.3 Å². The average molecular weight is 410 g/mol. The molecule has 0 bridgehead atoms. The number of nitrogens with zero attached hydrogens (tertiary/aromatic N) is 3. The number of amides is 1. The topological polar surface area (TPSA) is 94.1 Å². The van der Waals surface area contributed by atoms with Crippen LogP contribution in [-0.4, -0.2) is 33.4 Å². The molecule has 7 nitrogen and oxygen atoms in total. The highest BCUT2D eigenvalue weighted by atomic mass is 32.1. The molecule has 0 aliphatic heterocycles. The molecule has 0 fully saturated rings. The van der Waals surface area contributed by atoms with E-state index in [0.717, 1.165) is 40.3 Å². The fourth-order valence-electron chi connectivity index (χ4n) is 3.43. The summed E-state index contributed by atoms with van der Waals surface area (Å²) in [6.07, 6.45) is 2.06. The maximum absolute atomic E-state index is 12.7. The summed E-state index contributed by atoms with van der Waals surface area (Å²) >= 11 is 1.43. The number of esters is 1. The zero-order valence-corrected chi connectivity index (χ0v) is 17.4. The molecule has 2 heterocycles. The van der Waals surface area contributed by atoms with Gasteiger partial charge in [0, 0.05) is 10.4 Å². The summed E-state index contributed by atoms with van der Waals surface area (Å²) < 4.78 is 5.14. The Bertz CT molecular complexity index is 1110. The van der Waals surface area contributed by atoms with Crippen LogP contribution in [0.4, 0.5) is 5.13 Å². The van der Waals surface area contributed by atoms with Crippen LogP contribution in [0.1, 0.15) is 45.7 Å².